The molecule has 140 valence electrons. The molecule has 0 spiro atoms. The molecule has 0 saturated carbocycles. The molecule has 1 aliphatic rings. The van der Waals surface area contributed by atoms with Crippen LogP contribution in [0.25, 0.3) is 0 Å². The zero-order chi connectivity index (χ0) is 18.5. The van der Waals surface area contributed by atoms with Gasteiger partial charge in [0, 0.05) is 49.3 Å². The Kier molecular flexibility index (Phi) is 6.11. The van der Waals surface area contributed by atoms with Gasteiger partial charge in [0.15, 0.2) is 0 Å². The predicted molar refractivity (Wildman–Crippen MR) is 100 cm³/mol. The summed E-state index contributed by atoms with van der Waals surface area (Å²) in [4.78, 5) is 26.4. The van der Waals surface area contributed by atoms with E-state index in [9.17, 15) is 14.7 Å². The number of carbonyl (C=O) groups excluding carboxylic acids is 1. The van der Waals surface area contributed by atoms with Crippen LogP contribution in [0.5, 0.6) is 5.75 Å². The lowest BCUT2D eigenvalue weighted by Gasteiger charge is -2.26. The molecule has 0 bridgehead atoms. The fourth-order valence-corrected chi connectivity index (χ4v) is 3.94. The molecule has 26 heavy (non-hydrogen) atoms. The van der Waals surface area contributed by atoms with Crippen LogP contribution in [0.2, 0.25) is 0 Å². The summed E-state index contributed by atoms with van der Waals surface area (Å²) in [5.41, 5.74) is 1.59. The molecule has 2 heterocycles. The van der Waals surface area contributed by atoms with E-state index in [1.165, 1.54) is 0 Å². The number of phenols is 1. The molecule has 1 aliphatic heterocycles. The number of para-hydroxylation sites is 1. The Bertz CT molecular complexity index is 808. The minimum atomic E-state index is -0.0405. The second-order valence-electron chi connectivity index (χ2n) is 6.58. The molecule has 0 radical (unpaired) electrons. The lowest BCUT2D eigenvalue weighted by molar-refractivity contribution is -0.133. The van der Waals surface area contributed by atoms with Gasteiger partial charge in [-0.05, 0) is 25.8 Å². The largest absolute Gasteiger partial charge is 0.508 e. The Morgan fingerprint density at radius 1 is 1.42 bits per heavy atom. The van der Waals surface area contributed by atoms with E-state index in [0.29, 0.717) is 25.2 Å². The highest BCUT2D eigenvalue weighted by Gasteiger charge is 2.23. The van der Waals surface area contributed by atoms with Gasteiger partial charge in [-0.3, -0.25) is 9.59 Å². The zero-order valence-electron chi connectivity index (χ0n) is 14.9. The summed E-state index contributed by atoms with van der Waals surface area (Å²) < 4.78 is 7.31. The number of benzene rings is 1. The van der Waals surface area contributed by atoms with Gasteiger partial charge in [0.2, 0.25) is 5.91 Å². The molecule has 1 aromatic heterocycles. The van der Waals surface area contributed by atoms with E-state index in [1.807, 2.05) is 19.1 Å². The molecule has 3 rings (SSSR count). The SMILES string of the molecule is Cc1csc(=O)n1CCC(=O)N(Cc1ccccc1O)CC1CCCO1. The minimum Gasteiger partial charge on any atom is -0.508 e. The molecule has 1 unspecified atom stereocenters. The Balaban J connectivity index is 1.70. The summed E-state index contributed by atoms with van der Waals surface area (Å²) in [6.45, 7) is 3.81. The van der Waals surface area contributed by atoms with E-state index < -0.39 is 0 Å². The lowest BCUT2D eigenvalue weighted by atomic mass is 10.1. The van der Waals surface area contributed by atoms with E-state index in [2.05, 4.69) is 0 Å². The molecule has 1 atom stereocenters. The quantitative estimate of drug-likeness (QED) is 0.806. The van der Waals surface area contributed by atoms with Gasteiger partial charge in [-0.1, -0.05) is 29.5 Å². The van der Waals surface area contributed by atoms with E-state index in [4.69, 9.17) is 4.74 Å². The summed E-state index contributed by atoms with van der Waals surface area (Å²) in [5.74, 6) is 0.142. The third-order valence-electron chi connectivity index (χ3n) is 4.68. The van der Waals surface area contributed by atoms with Crippen molar-refractivity contribution in [3.8, 4) is 5.75 Å². The number of ether oxygens (including phenoxy) is 1. The first kappa shape index (κ1) is 18.7. The molecule has 6 nitrogen and oxygen atoms in total. The Morgan fingerprint density at radius 3 is 2.88 bits per heavy atom. The van der Waals surface area contributed by atoms with Gasteiger partial charge in [0.25, 0.3) is 0 Å². The lowest BCUT2D eigenvalue weighted by Crippen LogP contribution is -2.37. The molecule has 1 N–H and O–H groups in total. The topological polar surface area (TPSA) is 71.8 Å². The molecule has 1 saturated heterocycles. The molecule has 1 fully saturated rings. The fraction of sp³-hybridized carbons (Fsp3) is 0.474. The molecule has 0 aliphatic carbocycles. The number of rotatable bonds is 7. The Morgan fingerprint density at radius 2 is 2.23 bits per heavy atom. The first-order valence-corrected chi connectivity index (χ1v) is 9.73. The van der Waals surface area contributed by atoms with Crippen LogP contribution in [0.15, 0.2) is 34.4 Å². The van der Waals surface area contributed by atoms with Crippen LogP contribution in [0, 0.1) is 6.92 Å². The third kappa shape index (κ3) is 4.53. The van der Waals surface area contributed by atoms with Gasteiger partial charge >= 0.3 is 4.87 Å². The van der Waals surface area contributed by atoms with Gasteiger partial charge in [-0.2, -0.15) is 0 Å². The first-order valence-electron chi connectivity index (χ1n) is 8.86. The van der Waals surface area contributed by atoms with Crippen LogP contribution in [0.4, 0.5) is 0 Å². The van der Waals surface area contributed by atoms with Crippen LogP contribution in [-0.2, 0) is 22.6 Å². The summed E-state index contributed by atoms with van der Waals surface area (Å²) >= 11 is 1.15. The number of aromatic hydroxyl groups is 1. The van der Waals surface area contributed by atoms with Crippen LogP contribution in [-0.4, -0.2) is 39.7 Å². The highest BCUT2D eigenvalue weighted by Crippen LogP contribution is 2.21. The van der Waals surface area contributed by atoms with Crippen LogP contribution in [0.3, 0.4) is 0 Å². The van der Waals surface area contributed by atoms with Gasteiger partial charge in [0.05, 0.1) is 6.10 Å². The van der Waals surface area contributed by atoms with E-state index in [-0.39, 0.29) is 29.1 Å². The van der Waals surface area contributed by atoms with Crippen molar-refractivity contribution in [2.24, 2.45) is 0 Å². The standard InChI is InChI=1S/C19H24N2O4S/c1-14-13-26-19(24)21(14)9-8-18(23)20(12-16-6-4-10-25-16)11-15-5-2-3-7-17(15)22/h2-3,5,7,13,16,22H,4,6,8-12H2,1H3. The van der Waals surface area contributed by atoms with E-state index in [0.717, 1.165) is 36.5 Å². The molecule has 1 amide bonds. The smallest absolute Gasteiger partial charge is 0.307 e. The summed E-state index contributed by atoms with van der Waals surface area (Å²) in [7, 11) is 0. The molecule has 1 aromatic carbocycles. The molecule has 7 heteroatoms. The van der Waals surface area contributed by atoms with Gasteiger partial charge < -0.3 is 19.3 Å². The molecular weight excluding hydrogens is 352 g/mol. The Labute approximate surface area is 156 Å². The van der Waals surface area contributed by atoms with Crippen molar-refractivity contribution < 1.29 is 14.6 Å². The Hall–Kier alpha value is -2.12. The van der Waals surface area contributed by atoms with E-state index >= 15 is 0 Å². The number of hydrogen-bond donors (Lipinski definition) is 1. The number of nitrogens with zero attached hydrogens (tertiary/aromatic N) is 2. The second-order valence-corrected chi connectivity index (χ2v) is 7.40. The van der Waals surface area contributed by atoms with Gasteiger partial charge in [-0.15, -0.1) is 0 Å². The van der Waals surface area contributed by atoms with Crippen molar-refractivity contribution in [1.29, 1.82) is 0 Å². The maximum Gasteiger partial charge on any atom is 0.307 e. The number of amides is 1. The number of carbonyl (C=O) groups is 1. The van der Waals surface area contributed by atoms with Crippen molar-refractivity contribution in [3.05, 3.63) is 50.6 Å². The molecular formula is C19H24N2O4S. The van der Waals surface area contributed by atoms with Crippen LogP contribution < -0.4 is 4.87 Å². The number of hydrogen-bond acceptors (Lipinski definition) is 5. The van der Waals surface area contributed by atoms with Crippen LogP contribution in [0.1, 0.15) is 30.5 Å². The number of phenolic OH excluding ortho intramolecular Hbond substituents is 1. The normalized spacial score (nSPS) is 16.7. The van der Waals surface area contributed by atoms with Gasteiger partial charge in [0.1, 0.15) is 5.75 Å². The first-order chi connectivity index (χ1) is 12.5. The average Bonchev–Trinajstić information content (AvgIpc) is 3.24. The predicted octanol–water partition coefficient (Wildman–Crippen LogP) is 2.52. The van der Waals surface area contributed by atoms with Crippen molar-refractivity contribution in [3.63, 3.8) is 0 Å². The minimum absolute atomic E-state index is 0.0374. The van der Waals surface area contributed by atoms with Crippen molar-refractivity contribution in [2.75, 3.05) is 13.2 Å². The van der Waals surface area contributed by atoms with Crippen molar-refractivity contribution in [2.45, 2.75) is 45.4 Å². The monoisotopic (exact) mass is 376 g/mol. The zero-order valence-corrected chi connectivity index (χ0v) is 15.7. The number of aromatic nitrogens is 1. The summed E-state index contributed by atoms with van der Waals surface area (Å²) in [5, 5.41) is 11.8. The van der Waals surface area contributed by atoms with Crippen molar-refractivity contribution >= 4 is 17.2 Å². The van der Waals surface area contributed by atoms with E-state index in [1.54, 1.807) is 27.0 Å². The second kappa shape index (κ2) is 8.51. The fourth-order valence-electron chi connectivity index (χ4n) is 3.18. The maximum absolute atomic E-state index is 12.8. The van der Waals surface area contributed by atoms with Crippen molar-refractivity contribution in [1.82, 2.24) is 9.47 Å². The van der Waals surface area contributed by atoms with Crippen LogP contribution >= 0.6 is 11.3 Å². The average molecular weight is 376 g/mol. The number of thiazole rings is 1. The summed E-state index contributed by atoms with van der Waals surface area (Å²) in [6, 6.07) is 7.05. The maximum atomic E-state index is 12.8. The third-order valence-corrected chi connectivity index (χ3v) is 5.56. The number of aryl methyl sites for hydroxylation is 1. The highest BCUT2D eigenvalue weighted by molar-refractivity contribution is 7.07. The summed E-state index contributed by atoms with van der Waals surface area (Å²) in [6.07, 6.45) is 2.23. The molecule has 2 aromatic rings. The van der Waals surface area contributed by atoms with Gasteiger partial charge in [-0.25, -0.2) is 0 Å². The highest BCUT2D eigenvalue weighted by atomic mass is 32.1.